The molecule has 100 valence electrons. The summed E-state index contributed by atoms with van der Waals surface area (Å²) in [7, 11) is 0. The van der Waals surface area contributed by atoms with Gasteiger partial charge in [0.2, 0.25) is 11.8 Å². The maximum atomic E-state index is 13.0. The Kier molecular flexibility index (Phi) is 3.17. The number of nitrogens with zero attached hydrogens (tertiary/aromatic N) is 1. The maximum Gasteiger partial charge on any atom is 0.233 e. The predicted molar refractivity (Wildman–Crippen MR) is 70.5 cm³/mol. The minimum absolute atomic E-state index is 0.0660. The number of rotatable bonds is 2. The molecule has 2 aliphatic rings. The molecule has 2 unspecified atom stereocenters. The predicted octanol–water partition coefficient (Wildman–Crippen LogP) is 2.87. The van der Waals surface area contributed by atoms with Crippen LogP contribution in [0.5, 0.6) is 0 Å². The summed E-state index contributed by atoms with van der Waals surface area (Å²) in [5, 5.41) is 0. The lowest BCUT2D eigenvalue weighted by atomic mass is 10.00. The van der Waals surface area contributed by atoms with E-state index in [0.717, 1.165) is 24.8 Å². The average Bonchev–Trinajstić information content (AvgIpc) is 2.92. The lowest BCUT2D eigenvalue weighted by Crippen LogP contribution is -2.31. The molecule has 1 aliphatic heterocycles. The molecule has 1 saturated heterocycles. The van der Waals surface area contributed by atoms with Gasteiger partial charge in [0.15, 0.2) is 0 Å². The zero-order valence-electron chi connectivity index (χ0n) is 10.2. The first kappa shape index (κ1) is 12.8. The molecule has 1 aliphatic carbocycles. The van der Waals surface area contributed by atoms with Gasteiger partial charge in [-0.15, -0.1) is 0 Å². The summed E-state index contributed by atoms with van der Waals surface area (Å²) in [6.45, 7) is 0.228. The fraction of sp³-hybridized carbons (Fsp3) is 0.429. The van der Waals surface area contributed by atoms with Crippen molar-refractivity contribution >= 4 is 27.7 Å². The van der Waals surface area contributed by atoms with Crippen LogP contribution in [0.1, 0.15) is 24.8 Å². The molecule has 0 bridgehead atoms. The minimum Gasteiger partial charge on any atom is -0.278 e. The Morgan fingerprint density at radius 2 is 1.84 bits per heavy atom. The number of benzene rings is 1. The molecule has 0 N–H and O–H groups in total. The lowest BCUT2D eigenvalue weighted by molar-refractivity contribution is -0.141. The van der Waals surface area contributed by atoms with E-state index in [4.69, 9.17) is 0 Å². The molecule has 2 fully saturated rings. The van der Waals surface area contributed by atoms with Gasteiger partial charge in [0, 0.05) is 4.47 Å². The number of carbonyl (C=O) groups excluding carboxylic acids is 2. The third-order valence-electron chi connectivity index (χ3n) is 4.03. The summed E-state index contributed by atoms with van der Waals surface area (Å²) in [4.78, 5) is 25.7. The van der Waals surface area contributed by atoms with Gasteiger partial charge in [-0.1, -0.05) is 28.4 Å². The van der Waals surface area contributed by atoms with Gasteiger partial charge in [0.05, 0.1) is 18.4 Å². The van der Waals surface area contributed by atoms with Gasteiger partial charge in [0.25, 0.3) is 0 Å². The number of imide groups is 1. The van der Waals surface area contributed by atoms with Crippen molar-refractivity contribution in [1.29, 1.82) is 0 Å². The van der Waals surface area contributed by atoms with Gasteiger partial charge >= 0.3 is 0 Å². The quantitative estimate of drug-likeness (QED) is 0.784. The number of fused-ring (bicyclic) bond motifs is 1. The molecule has 1 aromatic carbocycles. The summed E-state index contributed by atoms with van der Waals surface area (Å²) >= 11 is 3.27. The first-order chi connectivity index (χ1) is 9.08. The van der Waals surface area contributed by atoms with Gasteiger partial charge in [-0.3, -0.25) is 14.5 Å². The summed E-state index contributed by atoms with van der Waals surface area (Å²) in [5.74, 6) is -0.711. The Labute approximate surface area is 118 Å². The molecule has 1 heterocycles. The van der Waals surface area contributed by atoms with E-state index in [-0.39, 0.29) is 36.0 Å². The third-order valence-corrected chi connectivity index (χ3v) is 4.76. The number of carbonyl (C=O) groups is 2. The highest BCUT2D eigenvalue weighted by Gasteiger charge is 2.49. The number of amides is 2. The summed E-state index contributed by atoms with van der Waals surface area (Å²) in [5.41, 5.74) is 0.753. The first-order valence-electron chi connectivity index (χ1n) is 6.37. The summed E-state index contributed by atoms with van der Waals surface area (Å²) in [6.07, 6.45) is 2.59. The van der Waals surface area contributed by atoms with Crippen molar-refractivity contribution in [2.45, 2.75) is 25.8 Å². The van der Waals surface area contributed by atoms with E-state index in [9.17, 15) is 14.0 Å². The smallest absolute Gasteiger partial charge is 0.233 e. The van der Waals surface area contributed by atoms with Crippen LogP contribution in [0.15, 0.2) is 22.7 Å². The van der Waals surface area contributed by atoms with Crippen molar-refractivity contribution in [3.63, 3.8) is 0 Å². The zero-order chi connectivity index (χ0) is 13.6. The third kappa shape index (κ3) is 2.10. The lowest BCUT2D eigenvalue weighted by Gasteiger charge is -2.16. The van der Waals surface area contributed by atoms with Gasteiger partial charge in [0.1, 0.15) is 5.82 Å². The Balaban J connectivity index is 1.84. The number of likely N-dealkylation sites (tertiary alicyclic amines) is 1. The molecule has 0 spiro atoms. The van der Waals surface area contributed by atoms with E-state index >= 15 is 0 Å². The van der Waals surface area contributed by atoms with E-state index in [1.807, 2.05) is 0 Å². The monoisotopic (exact) mass is 325 g/mol. The second kappa shape index (κ2) is 4.71. The van der Waals surface area contributed by atoms with Crippen LogP contribution < -0.4 is 0 Å². The van der Waals surface area contributed by atoms with E-state index in [0.29, 0.717) is 4.47 Å². The van der Waals surface area contributed by atoms with Crippen LogP contribution in [0.3, 0.4) is 0 Å². The fourth-order valence-corrected chi connectivity index (χ4v) is 3.51. The van der Waals surface area contributed by atoms with Crippen LogP contribution in [0.25, 0.3) is 0 Å². The molecular formula is C14H13BrFNO2. The van der Waals surface area contributed by atoms with Gasteiger partial charge in [-0.2, -0.15) is 0 Å². The van der Waals surface area contributed by atoms with E-state index in [2.05, 4.69) is 15.9 Å². The van der Waals surface area contributed by atoms with Crippen molar-refractivity contribution in [2.75, 3.05) is 0 Å². The second-order valence-corrected chi connectivity index (χ2v) is 6.00. The first-order valence-corrected chi connectivity index (χ1v) is 7.16. The van der Waals surface area contributed by atoms with Crippen molar-refractivity contribution in [3.8, 4) is 0 Å². The SMILES string of the molecule is O=C1C2CCCC2C(=O)N1Cc1ccc(F)cc1Br. The van der Waals surface area contributed by atoms with Crippen molar-refractivity contribution in [1.82, 2.24) is 4.90 Å². The van der Waals surface area contributed by atoms with Crippen molar-refractivity contribution < 1.29 is 14.0 Å². The molecule has 0 radical (unpaired) electrons. The van der Waals surface area contributed by atoms with Crippen LogP contribution in [0, 0.1) is 17.7 Å². The fourth-order valence-electron chi connectivity index (χ4n) is 3.04. The van der Waals surface area contributed by atoms with Crippen molar-refractivity contribution in [3.05, 3.63) is 34.1 Å². The maximum absolute atomic E-state index is 13.0. The van der Waals surface area contributed by atoms with Crippen LogP contribution in [0.2, 0.25) is 0 Å². The molecular weight excluding hydrogens is 313 g/mol. The minimum atomic E-state index is -0.341. The Morgan fingerprint density at radius 3 is 2.42 bits per heavy atom. The van der Waals surface area contributed by atoms with Gasteiger partial charge in [-0.25, -0.2) is 4.39 Å². The average molecular weight is 326 g/mol. The number of hydrogen-bond acceptors (Lipinski definition) is 2. The topological polar surface area (TPSA) is 37.4 Å². The van der Waals surface area contributed by atoms with E-state index in [1.165, 1.54) is 17.0 Å². The molecule has 3 nitrogen and oxygen atoms in total. The van der Waals surface area contributed by atoms with E-state index in [1.54, 1.807) is 6.07 Å². The second-order valence-electron chi connectivity index (χ2n) is 5.14. The van der Waals surface area contributed by atoms with E-state index < -0.39 is 0 Å². The largest absolute Gasteiger partial charge is 0.278 e. The van der Waals surface area contributed by atoms with Crippen LogP contribution in [-0.2, 0) is 16.1 Å². The highest BCUT2D eigenvalue weighted by molar-refractivity contribution is 9.10. The number of hydrogen-bond donors (Lipinski definition) is 0. The molecule has 5 heteroatoms. The molecule has 3 rings (SSSR count). The van der Waals surface area contributed by atoms with Crippen LogP contribution >= 0.6 is 15.9 Å². The number of halogens is 2. The normalized spacial score (nSPS) is 26.1. The molecule has 0 aromatic heterocycles. The Bertz CT molecular complexity index is 538. The standard InChI is InChI=1S/C14H13BrFNO2/c15-12-6-9(16)5-4-8(12)7-17-13(18)10-2-1-3-11(10)14(17)19/h4-6,10-11H,1-3,7H2. The van der Waals surface area contributed by atoms with Crippen molar-refractivity contribution in [2.24, 2.45) is 11.8 Å². The van der Waals surface area contributed by atoms with Crippen LogP contribution in [0.4, 0.5) is 4.39 Å². The van der Waals surface area contributed by atoms with Gasteiger partial charge in [-0.05, 0) is 30.5 Å². The van der Waals surface area contributed by atoms with Crippen LogP contribution in [-0.4, -0.2) is 16.7 Å². The molecule has 2 atom stereocenters. The zero-order valence-corrected chi connectivity index (χ0v) is 11.8. The van der Waals surface area contributed by atoms with Gasteiger partial charge < -0.3 is 0 Å². The molecule has 1 aromatic rings. The highest BCUT2D eigenvalue weighted by Crippen LogP contribution is 2.40. The molecule has 19 heavy (non-hydrogen) atoms. The summed E-state index contributed by atoms with van der Waals surface area (Å²) in [6, 6.07) is 4.29. The highest BCUT2D eigenvalue weighted by atomic mass is 79.9. The molecule has 1 saturated carbocycles. The summed E-state index contributed by atoms with van der Waals surface area (Å²) < 4.78 is 13.6. The molecule has 2 amide bonds. The Morgan fingerprint density at radius 1 is 1.21 bits per heavy atom. The Hall–Kier alpha value is -1.23.